The minimum absolute atomic E-state index is 0.204. The first-order valence-electron chi connectivity index (χ1n) is 4.34. The van der Waals surface area contributed by atoms with Crippen LogP contribution in [0.25, 0.3) is 0 Å². The summed E-state index contributed by atoms with van der Waals surface area (Å²) in [7, 11) is 0.276. The summed E-state index contributed by atoms with van der Waals surface area (Å²) in [6.45, 7) is 0. The molecule has 0 aromatic rings. The summed E-state index contributed by atoms with van der Waals surface area (Å²) in [6.07, 6.45) is 7.42. The highest BCUT2D eigenvalue weighted by molar-refractivity contribution is 7.23. The number of unbranched alkanes of at least 4 members (excludes halogenated alkanes) is 4. The lowest BCUT2D eigenvalue weighted by molar-refractivity contribution is 0.590. The van der Waals surface area contributed by atoms with Gasteiger partial charge in [0.2, 0.25) is 0 Å². The number of hydrogen-bond donors (Lipinski definition) is 0. The highest BCUT2D eigenvalue weighted by Crippen LogP contribution is 2.14. The van der Waals surface area contributed by atoms with Crippen LogP contribution in [0.5, 0.6) is 0 Å². The Balaban J connectivity index is 2.86. The van der Waals surface area contributed by atoms with E-state index < -0.39 is 0 Å². The van der Waals surface area contributed by atoms with Gasteiger partial charge in [-0.15, -0.1) is 23.2 Å². The Hall–Kier alpha value is 0.680. The lowest BCUT2D eigenvalue weighted by atomic mass is 10.1. The van der Waals surface area contributed by atoms with Crippen LogP contribution in [0.1, 0.15) is 38.5 Å². The van der Waals surface area contributed by atoms with Crippen molar-refractivity contribution in [2.75, 3.05) is 6.16 Å². The third kappa shape index (κ3) is 10.7. The van der Waals surface area contributed by atoms with Gasteiger partial charge in [-0.3, -0.25) is 4.57 Å². The van der Waals surface area contributed by atoms with Crippen LogP contribution in [0.15, 0.2) is 0 Å². The van der Waals surface area contributed by atoms with Gasteiger partial charge < -0.3 is 0 Å². The molecule has 0 fully saturated rings. The molecule has 0 amide bonds. The minimum Gasteiger partial charge on any atom is -0.275 e. The van der Waals surface area contributed by atoms with Crippen molar-refractivity contribution in [3.63, 3.8) is 0 Å². The van der Waals surface area contributed by atoms with E-state index in [2.05, 4.69) is 0 Å². The molecule has 4 heteroatoms. The van der Waals surface area contributed by atoms with Crippen LogP contribution in [0.4, 0.5) is 0 Å². The molecule has 0 aromatic carbocycles. The van der Waals surface area contributed by atoms with Crippen LogP contribution < -0.4 is 0 Å². The molecule has 0 saturated carbocycles. The molecule has 0 heterocycles. The maximum absolute atomic E-state index is 10.0. The minimum atomic E-state index is -0.204. The van der Waals surface area contributed by atoms with Gasteiger partial charge in [-0.05, 0) is 12.8 Å². The fourth-order valence-electron chi connectivity index (χ4n) is 1.01. The predicted octanol–water partition coefficient (Wildman–Crippen LogP) is 4.42. The Morgan fingerprint density at radius 2 is 1.58 bits per heavy atom. The first-order valence-corrected chi connectivity index (χ1v) is 6.21. The Labute approximate surface area is 86.0 Å². The largest absolute Gasteiger partial charge is 0.275 e. The molecule has 0 aromatic heterocycles. The van der Waals surface area contributed by atoms with Crippen molar-refractivity contribution in [3.05, 3.63) is 0 Å². The zero-order chi connectivity index (χ0) is 9.23. The molecule has 0 radical (unpaired) electrons. The maximum atomic E-state index is 10.0. The zero-order valence-corrected chi connectivity index (χ0v) is 9.54. The molecule has 72 valence electrons. The summed E-state index contributed by atoms with van der Waals surface area (Å²) in [5, 5.41) is 0. The van der Waals surface area contributed by atoms with E-state index in [0.717, 1.165) is 25.4 Å². The average molecular weight is 229 g/mol. The number of rotatable bonds is 8. The first-order chi connectivity index (χ1) is 5.77. The van der Waals surface area contributed by atoms with Crippen LogP contribution in [-0.4, -0.2) is 11.0 Å². The molecule has 0 bridgehead atoms. The molecule has 0 aliphatic heterocycles. The molecule has 0 aliphatic carbocycles. The van der Waals surface area contributed by atoms with Crippen LogP contribution in [0.3, 0.4) is 0 Å². The van der Waals surface area contributed by atoms with Gasteiger partial charge in [0.15, 0.2) is 8.46 Å². The van der Waals surface area contributed by atoms with Crippen molar-refractivity contribution in [2.45, 2.75) is 43.4 Å². The Bertz CT molecular complexity index is 109. The van der Waals surface area contributed by atoms with Gasteiger partial charge in [-0.25, -0.2) is 0 Å². The van der Waals surface area contributed by atoms with Crippen LogP contribution >= 0.6 is 31.7 Å². The predicted molar refractivity (Wildman–Crippen MR) is 55.7 cm³/mol. The second kappa shape index (κ2) is 9.77. The normalized spacial score (nSPS) is 11.2. The van der Waals surface area contributed by atoms with Crippen molar-refractivity contribution in [1.29, 1.82) is 0 Å². The summed E-state index contributed by atoms with van der Waals surface area (Å²) in [5.41, 5.74) is 0. The van der Waals surface area contributed by atoms with Gasteiger partial charge in [-0.2, -0.15) is 0 Å². The van der Waals surface area contributed by atoms with E-state index >= 15 is 0 Å². The van der Waals surface area contributed by atoms with Gasteiger partial charge in [0.25, 0.3) is 0 Å². The SMILES string of the molecule is O=PCCCCCCCC(Cl)Cl. The summed E-state index contributed by atoms with van der Waals surface area (Å²) in [5.74, 6) is 0. The Kier molecular flexibility index (Phi) is 10.3. The number of hydrogen-bond acceptors (Lipinski definition) is 1. The number of alkyl halides is 2. The summed E-state index contributed by atoms with van der Waals surface area (Å²) >= 11 is 11.1. The summed E-state index contributed by atoms with van der Waals surface area (Å²) in [4.78, 5) is -0.204. The van der Waals surface area contributed by atoms with Gasteiger partial charge >= 0.3 is 0 Å². The molecular weight excluding hydrogens is 214 g/mol. The molecule has 0 spiro atoms. The molecule has 1 nitrogen and oxygen atoms in total. The van der Waals surface area contributed by atoms with Crippen molar-refractivity contribution < 1.29 is 4.57 Å². The topological polar surface area (TPSA) is 17.1 Å². The fourth-order valence-corrected chi connectivity index (χ4v) is 1.67. The molecule has 0 aliphatic rings. The molecule has 0 atom stereocenters. The molecule has 0 rings (SSSR count). The monoisotopic (exact) mass is 228 g/mol. The van der Waals surface area contributed by atoms with Gasteiger partial charge in [0.1, 0.15) is 4.84 Å². The smallest absolute Gasteiger partial charge is 0.155 e. The van der Waals surface area contributed by atoms with Crippen LogP contribution in [0, 0.1) is 0 Å². The van der Waals surface area contributed by atoms with Crippen molar-refractivity contribution in [3.8, 4) is 0 Å². The first kappa shape index (κ1) is 12.7. The summed E-state index contributed by atoms with van der Waals surface area (Å²) in [6, 6.07) is 0. The van der Waals surface area contributed by atoms with Gasteiger partial charge in [-0.1, -0.05) is 25.7 Å². The van der Waals surface area contributed by atoms with Crippen molar-refractivity contribution in [2.24, 2.45) is 0 Å². The average Bonchev–Trinajstić information content (AvgIpc) is 2.02. The van der Waals surface area contributed by atoms with E-state index in [-0.39, 0.29) is 13.3 Å². The molecular formula is C8H15Cl2OP. The fraction of sp³-hybridized carbons (Fsp3) is 1.00. The van der Waals surface area contributed by atoms with Gasteiger partial charge in [0.05, 0.1) is 0 Å². The summed E-state index contributed by atoms with van der Waals surface area (Å²) < 4.78 is 10.0. The van der Waals surface area contributed by atoms with Crippen molar-refractivity contribution in [1.82, 2.24) is 0 Å². The van der Waals surface area contributed by atoms with Crippen LogP contribution in [-0.2, 0) is 4.57 Å². The Morgan fingerprint density at radius 3 is 2.17 bits per heavy atom. The quantitative estimate of drug-likeness (QED) is 0.342. The third-order valence-corrected chi connectivity index (χ3v) is 2.61. The van der Waals surface area contributed by atoms with E-state index in [1.54, 1.807) is 0 Å². The van der Waals surface area contributed by atoms with Crippen molar-refractivity contribution >= 4 is 31.7 Å². The van der Waals surface area contributed by atoms with E-state index in [1.807, 2.05) is 0 Å². The zero-order valence-electron chi connectivity index (χ0n) is 7.14. The Morgan fingerprint density at radius 1 is 1.00 bits per heavy atom. The molecule has 0 N–H and O–H groups in total. The highest BCUT2D eigenvalue weighted by Gasteiger charge is 1.97. The molecule has 0 unspecified atom stereocenters. The van der Waals surface area contributed by atoms with E-state index in [9.17, 15) is 4.57 Å². The molecule has 0 saturated heterocycles. The standard InChI is InChI=1S/C8H15Cl2OP/c9-8(10)6-4-2-1-3-5-7-12-11/h8H,1-7H2. The second-order valence-corrected chi connectivity index (χ2v) is 4.78. The lowest BCUT2D eigenvalue weighted by Crippen LogP contribution is -1.87. The van der Waals surface area contributed by atoms with Gasteiger partial charge in [0, 0.05) is 6.16 Å². The number of halogens is 2. The van der Waals surface area contributed by atoms with Crippen LogP contribution in [0.2, 0.25) is 0 Å². The van der Waals surface area contributed by atoms with E-state index in [4.69, 9.17) is 23.2 Å². The van der Waals surface area contributed by atoms with E-state index in [1.165, 1.54) is 19.3 Å². The third-order valence-electron chi connectivity index (χ3n) is 1.67. The van der Waals surface area contributed by atoms with E-state index in [0.29, 0.717) is 0 Å². The molecule has 12 heavy (non-hydrogen) atoms. The second-order valence-electron chi connectivity index (χ2n) is 2.80. The maximum Gasteiger partial charge on any atom is 0.155 e. The lowest BCUT2D eigenvalue weighted by Gasteiger charge is -2.00. The highest BCUT2D eigenvalue weighted by atomic mass is 35.5.